The van der Waals surface area contributed by atoms with E-state index < -0.39 is 0 Å². The highest BCUT2D eigenvalue weighted by atomic mass is 16.3. The van der Waals surface area contributed by atoms with E-state index >= 15 is 0 Å². The van der Waals surface area contributed by atoms with Crippen molar-refractivity contribution in [3.8, 4) is 5.75 Å². The van der Waals surface area contributed by atoms with E-state index in [2.05, 4.69) is 19.1 Å². The summed E-state index contributed by atoms with van der Waals surface area (Å²) in [6.07, 6.45) is 10.2. The Morgan fingerprint density at radius 1 is 1.06 bits per heavy atom. The lowest BCUT2D eigenvalue weighted by Gasteiger charge is -2.21. The Morgan fingerprint density at radius 3 is 2.35 bits per heavy atom. The third-order valence-corrected chi connectivity index (χ3v) is 4.08. The van der Waals surface area contributed by atoms with E-state index in [1.165, 1.54) is 50.5 Å². The van der Waals surface area contributed by atoms with Gasteiger partial charge in [0.25, 0.3) is 0 Å². The van der Waals surface area contributed by atoms with E-state index in [1.54, 1.807) is 0 Å². The van der Waals surface area contributed by atoms with Crippen LogP contribution in [0.25, 0.3) is 0 Å². The molecule has 1 aromatic rings. The molecule has 94 valence electrons. The average molecular weight is 232 g/mol. The predicted octanol–water partition coefficient (Wildman–Crippen LogP) is 4.78. The van der Waals surface area contributed by atoms with Gasteiger partial charge in [-0.15, -0.1) is 0 Å². The molecule has 0 saturated heterocycles. The molecule has 1 aromatic carbocycles. The molecule has 0 aromatic heterocycles. The first-order chi connectivity index (χ1) is 8.33. The number of aryl methyl sites for hydroxylation is 1. The summed E-state index contributed by atoms with van der Waals surface area (Å²) in [5, 5.41) is 10.3. The van der Waals surface area contributed by atoms with E-state index in [4.69, 9.17) is 0 Å². The van der Waals surface area contributed by atoms with Crippen molar-refractivity contribution in [2.24, 2.45) is 0 Å². The maximum Gasteiger partial charge on any atom is 0.122 e. The van der Waals surface area contributed by atoms with Crippen molar-refractivity contribution in [1.82, 2.24) is 0 Å². The van der Waals surface area contributed by atoms with Crippen molar-refractivity contribution in [2.75, 3.05) is 0 Å². The minimum Gasteiger partial charge on any atom is -0.507 e. The maximum absolute atomic E-state index is 10.3. The second kappa shape index (κ2) is 6.09. The summed E-state index contributed by atoms with van der Waals surface area (Å²) in [4.78, 5) is 0. The molecule has 0 bridgehead atoms. The summed E-state index contributed by atoms with van der Waals surface area (Å²) >= 11 is 0. The molecule has 0 aliphatic heterocycles. The van der Waals surface area contributed by atoms with Crippen LogP contribution in [0.2, 0.25) is 0 Å². The minimum atomic E-state index is 0.570. The molecular weight excluding hydrogens is 208 g/mol. The molecular formula is C16H24O. The first kappa shape index (κ1) is 12.5. The van der Waals surface area contributed by atoms with Gasteiger partial charge in [0.2, 0.25) is 0 Å². The zero-order valence-electron chi connectivity index (χ0n) is 10.9. The van der Waals surface area contributed by atoms with E-state index in [-0.39, 0.29) is 0 Å². The van der Waals surface area contributed by atoms with E-state index in [0.29, 0.717) is 11.7 Å². The van der Waals surface area contributed by atoms with Crippen LogP contribution in [0.1, 0.15) is 68.9 Å². The van der Waals surface area contributed by atoms with Crippen LogP contribution in [0.5, 0.6) is 5.75 Å². The normalized spacial score (nSPS) is 18.6. The molecule has 0 unspecified atom stereocenters. The molecule has 2 rings (SSSR count). The van der Waals surface area contributed by atoms with Gasteiger partial charge in [-0.3, -0.25) is 0 Å². The van der Waals surface area contributed by atoms with Crippen molar-refractivity contribution in [3.05, 3.63) is 29.3 Å². The number of hydrogen-bond donors (Lipinski definition) is 1. The Morgan fingerprint density at radius 2 is 1.71 bits per heavy atom. The van der Waals surface area contributed by atoms with Crippen LogP contribution < -0.4 is 0 Å². The second-order valence-electron chi connectivity index (χ2n) is 5.25. The highest BCUT2D eigenvalue weighted by Gasteiger charge is 2.17. The summed E-state index contributed by atoms with van der Waals surface area (Å²) in [6, 6.07) is 6.27. The summed E-state index contributed by atoms with van der Waals surface area (Å²) in [7, 11) is 0. The monoisotopic (exact) mass is 232 g/mol. The first-order valence-corrected chi connectivity index (χ1v) is 7.13. The molecule has 1 saturated carbocycles. The van der Waals surface area contributed by atoms with E-state index in [9.17, 15) is 5.11 Å². The van der Waals surface area contributed by atoms with Crippen LogP contribution >= 0.6 is 0 Å². The highest BCUT2D eigenvalue weighted by Crippen LogP contribution is 2.37. The lowest BCUT2D eigenvalue weighted by Crippen LogP contribution is -2.03. The first-order valence-electron chi connectivity index (χ1n) is 7.13. The molecule has 1 fully saturated rings. The van der Waals surface area contributed by atoms with Crippen LogP contribution in [0, 0.1) is 0 Å². The van der Waals surface area contributed by atoms with Crippen LogP contribution in [0.3, 0.4) is 0 Å². The molecule has 1 N–H and O–H groups in total. The lowest BCUT2D eigenvalue weighted by molar-refractivity contribution is 0.421. The third-order valence-electron chi connectivity index (χ3n) is 4.08. The molecule has 1 nitrogen and oxygen atoms in total. The van der Waals surface area contributed by atoms with Gasteiger partial charge in [-0.2, -0.15) is 0 Å². The van der Waals surface area contributed by atoms with Gasteiger partial charge in [0.05, 0.1) is 0 Å². The standard InChI is InChI=1S/C16H24O/c1-2-13-11-8-12-15(16(13)17)14-9-6-4-3-5-7-10-14/h8,11-12,14,17H,2-7,9-10H2,1H3. The van der Waals surface area contributed by atoms with Crippen LogP contribution in [0.4, 0.5) is 0 Å². The van der Waals surface area contributed by atoms with E-state index in [1.807, 2.05) is 6.07 Å². The lowest BCUT2D eigenvalue weighted by atomic mass is 9.84. The molecule has 17 heavy (non-hydrogen) atoms. The van der Waals surface area contributed by atoms with Gasteiger partial charge < -0.3 is 5.11 Å². The molecule has 0 spiro atoms. The number of rotatable bonds is 2. The van der Waals surface area contributed by atoms with Crippen molar-refractivity contribution >= 4 is 0 Å². The quantitative estimate of drug-likeness (QED) is 0.777. The zero-order valence-corrected chi connectivity index (χ0v) is 10.9. The van der Waals surface area contributed by atoms with Crippen molar-refractivity contribution in [2.45, 2.75) is 64.2 Å². The summed E-state index contributed by atoms with van der Waals surface area (Å²) < 4.78 is 0. The Labute approximate surface area is 105 Å². The fourth-order valence-corrected chi connectivity index (χ4v) is 2.99. The molecule has 1 aliphatic carbocycles. The van der Waals surface area contributed by atoms with Gasteiger partial charge >= 0.3 is 0 Å². The zero-order chi connectivity index (χ0) is 12.1. The molecule has 0 amide bonds. The Balaban J connectivity index is 2.19. The predicted molar refractivity (Wildman–Crippen MR) is 72.5 cm³/mol. The summed E-state index contributed by atoms with van der Waals surface area (Å²) in [6.45, 7) is 2.11. The van der Waals surface area contributed by atoms with Gasteiger partial charge in [-0.05, 0) is 36.3 Å². The van der Waals surface area contributed by atoms with Gasteiger partial charge in [0.15, 0.2) is 0 Å². The number of hydrogen-bond acceptors (Lipinski definition) is 1. The van der Waals surface area contributed by atoms with Gasteiger partial charge in [-0.1, -0.05) is 57.2 Å². The maximum atomic E-state index is 10.3. The number of phenols is 1. The van der Waals surface area contributed by atoms with Crippen molar-refractivity contribution < 1.29 is 5.11 Å². The van der Waals surface area contributed by atoms with Crippen LogP contribution in [-0.2, 0) is 6.42 Å². The van der Waals surface area contributed by atoms with Gasteiger partial charge in [0.1, 0.15) is 5.75 Å². The number of para-hydroxylation sites is 1. The summed E-state index contributed by atoms with van der Waals surface area (Å²) in [5.41, 5.74) is 2.30. The largest absolute Gasteiger partial charge is 0.507 e. The SMILES string of the molecule is CCc1cccc(C2CCCCCCC2)c1O. The fraction of sp³-hybridized carbons (Fsp3) is 0.625. The minimum absolute atomic E-state index is 0.570. The highest BCUT2D eigenvalue weighted by molar-refractivity contribution is 5.42. The number of phenolic OH excluding ortho intramolecular Hbond substituents is 1. The second-order valence-corrected chi connectivity index (χ2v) is 5.25. The number of benzene rings is 1. The Hall–Kier alpha value is -0.980. The molecule has 0 radical (unpaired) electrons. The molecule has 0 atom stereocenters. The topological polar surface area (TPSA) is 20.2 Å². The fourth-order valence-electron chi connectivity index (χ4n) is 2.99. The Kier molecular flexibility index (Phi) is 4.47. The van der Waals surface area contributed by atoms with E-state index in [0.717, 1.165) is 12.0 Å². The number of aromatic hydroxyl groups is 1. The molecule has 0 heterocycles. The van der Waals surface area contributed by atoms with Crippen molar-refractivity contribution in [3.63, 3.8) is 0 Å². The van der Waals surface area contributed by atoms with Crippen LogP contribution in [0.15, 0.2) is 18.2 Å². The third kappa shape index (κ3) is 3.02. The average Bonchev–Trinajstić information content (AvgIpc) is 2.30. The molecule has 1 heteroatoms. The summed E-state index contributed by atoms with van der Waals surface area (Å²) in [5.74, 6) is 1.15. The Bertz CT molecular complexity index is 349. The smallest absolute Gasteiger partial charge is 0.122 e. The molecule has 1 aliphatic rings. The van der Waals surface area contributed by atoms with Gasteiger partial charge in [-0.25, -0.2) is 0 Å². The van der Waals surface area contributed by atoms with Gasteiger partial charge in [0, 0.05) is 0 Å². The van der Waals surface area contributed by atoms with Crippen LogP contribution in [-0.4, -0.2) is 5.11 Å². The van der Waals surface area contributed by atoms with Crippen molar-refractivity contribution in [1.29, 1.82) is 0 Å².